The second-order valence-electron chi connectivity index (χ2n) is 6.29. The minimum atomic E-state index is -4.59. The summed E-state index contributed by atoms with van der Waals surface area (Å²) in [6.45, 7) is 4.43. The zero-order chi connectivity index (χ0) is 21.4. The second kappa shape index (κ2) is 10.3. The van der Waals surface area contributed by atoms with E-state index < -0.39 is 24.3 Å². The molecule has 0 unspecified atom stereocenters. The van der Waals surface area contributed by atoms with Gasteiger partial charge in [0.25, 0.3) is 5.91 Å². The summed E-state index contributed by atoms with van der Waals surface area (Å²) in [7, 11) is 0. The minimum Gasteiger partial charge on any atom is -0.484 e. The average molecular weight is 423 g/mol. The lowest BCUT2D eigenvalue weighted by Crippen LogP contribution is -2.44. The molecule has 0 bridgehead atoms. The third kappa shape index (κ3) is 8.62. The van der Waals surface area contributed by atoms with E-state index in [0.29, 0.717) is 10.8 Å². The Balaban J connectivity index is 2.22. The molecule has 0 atom stereocenters. The van der Waals surface area contributed by atoms with E-state index in [1.165, 1.54) is 0 Å². The van der Waals surface area contributed by atoms with Crippen molar-refractivity contribution < 1.29 is 32.2 Å². The lowest BCUT2D eigenvalue weighted by atomic mass is 10.1. The number of hydrogen-bond donors (Lipinski definition) is 2. The van der Waals surface area contributed by atoms with Gasteiger partial charge in [-0.3, -0.25) is 9.59 Å². The van der Waals surface area contributed by atoms with Crippen LogP contribution in [0.5, 0.6) is 5.75 Å². The first-order valence-electron chi connectivity index (χ1n) is 8.24. The fourth-order valence-corrected chi connectivity index (χ4v) is 1.83. The van der Waals surface area contributed by atoms with Crippen molar-refractivity contribution >= 4 is 23.4 Å². The van der Waals surface area contributed by atoms with Gasteiger partial charge in [-0.05, 0) is 38.1 Å². The highest BCUT2D eigenvalue weighted by Gasteiger charge is 2.48. The van der Waals surface area contributed by atoms with Gasteiger partial charge in [0.15, 0.2) is 12.2 Å². The first kappa shape index (κ1) is 23.8. The second-order valence-corrected chi connectivity index (χ2v) is 6.73. The largest absolute Gasteiger partial charge is 0.484 e. The molecule has 0 aliphatic rings. The Labute approximate surface area is 166 Å². The van der Waals surface area contributed by atoms with Gasteiger partial charge in [0, 0.05) is 23.7 Å². The summed E-state index contributed by atoms with van der Waals surface area (Å²) in [6.07, 6.45) is -4.40. The van der Waals surface area contributed by atoms with Gasteiger partial charge in [0.05, 0.1) is 0 Å². The zero-order valence-electron chi connectivity index (χ0n) is 15.5. The highest BCUT2D eigenvalue weighted by molar-refractivity contribution is 6.30. The number of ether oxygens (including phenoxy) is 2. The maximum Gasteiger partial charge on any atom is 0.416 e. The van der Waals surface area contributed by atoms with E-state index in [-0.39, 0.29) is 31.2 Å². The summed E-state index contributed by atoms with van der Waals surface area (Å²) < 4.78 is 47.8. The molecular formula is C18H22ClF3N2O4. The normalized spacial score (nSPS) is 11.6. The Morgan fingerprint density at radius 2 is 1.71 bits per heavy atom. The van der Waals surface area contributed by atoms with Gasteiger partial charge >= 0.3 is 6.18 Å². The van der Waals surface area contributed by atoms with Gasteiger partial charge in [-0.15, -0.1) is 0 Å². The number of amides is 2. The molecular weight excluding hydrogens is 401 g/mol. The fourth-order valence-electron chi connectivity index (χ4n) is 1.71. The van der Waals surface area contributed by atoms with Crippen LogP contribution in [0.3, 0.4) is 0 Å². The Bertz CT molecular complexity index is 691. The highest BCUT2D eigenvalue weighted by atomic mass is 35.5. The molecule has 0 aromatic heterocycles. The first-order valence-corrected chi connectivity index (χ1v) is 8.62. The quantitative estimate of drug-likeness (QED) is 0.607. The molecule has 156 valence electrons. The van der Waals surface area contributed by atoms with Crippen molar-refractivity contribution in [1.82, 2.24) is 10.6 Å². The van der Waals surface area contributed by atoms with E-state index in [1.807, 2.05) is 0 Å². The lowest BCUT2D eigenvalue weighted by molar-refractivity contribution is -0.261. The van der Waals surface area contributed by atoms with Crippen LogP contribution in [-0.2, 0) is 14.3 Å². The maximum atomic E-state index is 12.6. The van der Waals surface area contributed by atoms with Crippen molar-refractivity contribution in [2.24, 2.45) is 0 Å². The molecule has 1 rings (SSSR count). The van der Waals surface area contributed by atoms with E-state index in [2.05, 4.69) is 21.9 Å². The number of benzene rings is 1. The molecule has 6 nitrogen and oxygen atoms in total. The van der Waals surface area contributed by atoms with E-state index >= 15 is 0 Å². The average Bonchev–Trinajstić information content (AvgIpc) is 2.58. The molecule has 2 amide bonds. The molecule has 1 aromatic carbocycles. The van der Waals surface area contributed by atoms with Crippen LogP contribution >= 0.6 is 11.6 Å². The number of carbonyl (C=O) groups is 2. The Morgan fingerprint density at radius 1 is 1.11 bits per heavy atom. The smallest absolute Gasteiger partial charge is 0.416 e. The van der Waals surface area contributed by atoms with Gasteiger partial charge in [0.2, 0.25) is 5.91 Å². The van der Waals surface area contributed by atoms with Crippen LogP contribution < -0.4 is 15.4 Å². The molecule has 0 spiro atoms. The van der Waals surface area contributed by atoms with Crippen molar-refractivity contribution in [3.05, 3.63) is 41.6 Å². The van der Waals surface area contributed by atoms with E-state index in [9.17, 15) is 22.8 Å². The van der Waals surface area contributed by atoms with Crippen LogP contribution in [0, 0.1) is 0 Å². The molecule has 1 aromatic rings. The summed E-state index contributed by atoms with van der Waals surface area (Å²) >= 11 is 5.74. The number of alkyl halides is 3. The fraction of sp³-hybridized carbons (Fsp3) is 0.444. The van der Waals surface area contributed by atoms with Gasteiger partial charge in [-0.1, -0.05) is 18.2 Å². The van der Waals surface area contributed by atoms with Gasteiger partial charge in [-0.2, -0.15) is 13.2 Å². The van der Waals surface area contributed by atoms with Crippen molar-refractivity contribution in [2.75, 3.05) is 19.8 Å². The number of halogens is 4. The summed E-state index contributed by atoms with van der Waals surface area (Å²) in [4.78, 5) is 23.3. The maximum absolute atomic E-state index is 12.6. The molecule has 0 heterocycles. The summed E-state index contributed by atoms with van der Waals surface area (Å²) in [5.74, 6) is -0.665. The van der Waals surface area contributed by atoms with Crippen LogP contribution in [0.1, 0.15) is 20.3 Å². The van der Waals surface area contributed by atoms with Crippen molar-refractivity contribution in [3.8, 4) is 5.75 Å². The number of carbonyl (C=O) groups excluding carboxylic acids is 2. The Morgan fingerprint density at radius 3 is 2.29 bits per heavy atom. The van der Waals surface area contributed by atoms with Crippen molar-refractivity contribution in [2.45, 2.75) is 32.0 Å². The van der Waals surface area contributed by atoms with E-state index in [1.54, 1.807) is 24.3 Å². The third-order valence-electron chi connectivity index (χ3n) is 3.50. The predicted molar refractivity (Wildman–Crippen MR) is 97.9 cm³/mol. The van der Waals surface area contributed by atoms with Gasteiger partial charge < -0.3 is 20.1 Å². The molecule has 0 aliphatic heterocycles. The van der Waals surface area contributed by atoms with Crippen molar-refractivity contribution in [1.29, 1.82) is 0 Å². The molecule has 0 saturated heterocycles. The van der Waals surface area contributed by atoms with E-state index in [4.69, 9.17) is 16.3 Å². The Hall–Kier alpha value is -2.26. The number of nitrogens with one attached hydrogen (secondary N) is 2. The number of rotatable bonds is 10. The monoisotopic (exact) mass is 422 g/mol. The topological polar surface area (TPSA) is 76.7 Å². The standard InChI is InChI=1S/C18H22ClF3N2O4/c1-12(24-16(26)11-28-17(2,3)18(20,21)22)8-9-23-15(25)10-27-14-6-4-13(19)5-7-14/h4-7H,1,8-11H2,2-3H3,(H,23,25)(H,24,26). The molecule has 10 heteroatoms. The first-order chi connectivity index (χ1) is 12.9. The van der Waals surface area contributed by atoms with E-state index in [0.717, 1.165) is 13.8 Å². The van der Waals surface area contributed by atoms with Gasteiger partial charge in [-0.25, -0.2) is 0 Å². The summed E-state index contributed by atoms with van der Waals surface area (Å²) in [6, 6.07) is 6.49. The third-order valence-corrected chi connectivity index (χ3v) is 3.75. The summed E-state index contributed by atoms with van der Waals surface area (Å²) in [5, 5.41) is 5.43. The molecule has 28 heavy (non-hydrogen) atoms. The van der Waals surface area contributed by atoms with Gasteiger partial charge in [0.1, 0.15) is 12.4 Å². The lowest BCUT2D eigenvalue weighted by Gasteiger charge is -2.27. The minimum absolute atomic E-state index is 0.164. The summed E-state index contributed by atoms with van der Waals surface area (Å²) in [5.41, 5.74) is -2.21. The molecule has 2 N–H and O–H groups in total. The van der Waals surface area contributed by atoms with Crippen LogP contribution in [0.2, 0.25) is 5.02 Å². The van der Waals surface area contributed by atoms with Crippen LogP contribution in [0.4, 0.5) is 13.2 Å². The van der Waals surface area contributed by atoms with Crippen molar-refractivity contribution in [3.63, 3.8) is 0 Å². The number of hydrogen-bond acceptors (Lipinski definition) is 4. The van der Waals surface area contributed by atoms with Crippen LogP contribution in [0.25, 0.3) is 0 Å². The highest BCUT2D eigenvalue weighted by Crippen LogP contribution is 2.32. The predicted octanol–water partition coefficient (Wildman–Crippen LogP) is 3.21. The molecule has 0 aliphatic carbocycles. The SMILES string of the molecule is C=C(CCNC(=O)COc1ccc(Cl)cc1)NC(=O)COC(C)(C)C(F)(F)F. The molecule has 0 radical (unpaired) electrons. The van der Waals surface area contributed by atoms with Crippen LogP contribution in [-0.4, -0.2) is 43.4 Å². The molecule has 0 saturated carbocycles. The zero-order valence-corrected chi connectivity index (χ0v) is 16.2. The molecule has 0 fully saturated rings. The van der Waals surface area contributed by atoms with Crippen LogP contribution in [0.15, 0.2) is 36.5 Å². The Kier molecular flexibility index (Phi) is 8.77.